The van der Waals surface area contributed by atoms with Gasteiger partial charge in [0.1, 0.15) is 23.9 Å². The minimum Gasteiger partial charge on any atom is -0.486 e. The zero-order valence-corrected chi connectivity index (χ0v) is 12.1. The van der Waals surface area contributed by atoms with Gasteiger partial charge >= 0.3 is 0 Å². The van der Waals surface area contributed by atoms with Crippen LogP contribution in [0.5, 0.6) is 5.75 Å². The van der Waals surface area contributed by atoms with Crippen LogP contribution in [0.15, 0.2) is 41.0 Å². The topological polar surface area (TPSA) is 86.7 Å². The summed E-state index contributed by atoms with van der Waals surface area (Å²) in [7, 11) is 0. The second-order valence-electron chi connectivity index (χ2n) is 5.06. The maximum atomic E-state index is 12.2. The van der Waals surface area contributed by atoms with Gasteiger partial charge in [0.05, 0.1) is 31.0 Å². The van der Waals surface area contributed by atoms with Crippen molar-refractivity contribution in [3.63, 3.8) is 0 Å². The molecule has 1 aromatic heterocycles. The molecule has 1 saturated heterocycles. The van der Waals surface area contributed by atoms with E-state index < -0.39 is 0 Å². The van der Waals surface area contributed by atoms with E-state index in [1.807, 2.05) is 18.2 Å². The Morgan fingerprint density at radius 1 is 1.41 bits per heavy atom. The fourth-order valence-corrected chi connectivity index (χ4v) is 2.26. The molecule has 1 aliphatic rings. The van der Waals surface area contributed by atoms with Crippen LogP contribution < -0.4 is 15.8 Å². The van der Waals surface area contributed by atoms with E-state index in [0.717, 1.165) is 6.42 Å². The van der Waals surface area contributed by atoms with Crippen LogP contribution in [0.2, 0.25) is 0 Å². The lowest BCUT2D eigenvalue weighted by molar-refractivity contribution is 0.102. The number of carbonyl (C=O) groups is 1. The lowest BCUT2D eigenvalue weighted by Crippen LogP contribution is -2.18. The second kappa shape index (κ2) is 6.64. The van der Waals surface area contributed by atoms with E-state index in [0.29, 0.717) is 36.0 Å². The number of nitrogens with two attached hydrogens (primary N) is 1. The van der Waals surface area contributed by atoms with Gasteiger partial charge in [-0.25, -0.2) is 0 Å². The average molecular weight is 302 g/mol. The smallest absolute Gasteiger partial charge is 0.259 e. The third kappa shape index (κ3) is 3.29. The van der Waals surface area contributed by atoms with Crippen LogP contribution >= 0.6 is 0 Å². The predicted octanol–water partition coefficient (Wildman–Crippen LogP) is 2.16. The number of carbonyl (C=O) groups excluding carboxylic acids is 1. The average Bonchev–Trinajstić information content (AvgIpc) is 3.20. The minimum absolute atomic E-state index is 0.0239. The largest absolute Gasteiger partial charge is 0.486 e. The number of amides is 1. The van der Waals surface area contributed by atoms with Crippen LogP contribution in [-0.4, -0.2) is 25.2 Å². The molecule has 0 radical (unpaired) electrons. The Hall–Kier alpha value is -2.31. The lowest BCUT2D eigenvalue weighted by Gasteiger charge is -2.15. The van der Waals surface area contributed by atoms with Crippen LogP contribution in [0.4, 0.5) is 5.69 Å². The quantitative estimate of drug-likeness (QED) is 0.884. The van der Waals surface area contributed by atoms with Crippen LogP contribution in [0.1, 0.15) is 22.5 Å². The standard InChI is InChI=1S/C16H18N2O4/c17-8-13-7-11(9-21-13)16(19)18-14-3-1-2-4-15(14)22-12-5-6-20-10-12/h1-4,7,9,12H,5-6,8,10,17H2,(H,18,19). The first-order valence-corrected chi connectivity index (χ1v) is 7.18. The van der Waals surface area contributed by atoms with Crippen molar-refractivity contribution < 1.29 is 18.7 Å². The van der Waals surface area contributed by atoms with Crippen LogP contribution in [-0.2, 0) is 11.3 Å². The van der Waals surface area contributed by atoms with Crippen LogP contribution in [0, 0.1) is 0 Å². The van der Waals surface area contributed by atoms with Gasteiger partial charge in [-0.05, 0) is 18.2 Å². The molecule has 1 amide bonds. The van der Waals surface area contributed by atoms with Gasteiger partial charge in [-0.15, -0.1) is 0 Å². The van der Waals surface area contributed by atoms with E-state index in [2.05, 4.69) is 5.32 Å². The van der Waals surface area contributed by atoms with Crippen LogP contribution in [0.3, 0.4) is 0 Å². The summed E-state index contributed by atoms with van der Waals surface area (Å²) in [5, 5.41) is 2.83. The molecule has 1 aromatic carbocycles. The fraction of sp³-hybridized carbons (Fsp3) is 0.312. The summed E-state index contributed by atoms with van der Waals surface area (Å²) in [4.78, 5) is 12.2. The molecule has 1 fully saturated rings. The number of hydrogen-bond donors (Lipinski definition) is 2. The highest BCUT2D eigenvalue weighted by atomic mass is 16.5. The van der Waals surface area contributed by atoms with Gasteiger partial charge in [0.25, 0.3) is 5.91 Å². The third-order valence-corrected chi connectivity index (χ3v) is 3.43. The Balaban J connectivity index is 1.72. The Morgan fingerprint density at radius 2 is 2.27 bits per heavy atom. The first-order chi connectivity index (χ1) is 10.8. The van der Waals surface area contributed by atoms with E-state index in [9.17, 15) is 4.79 Å². The molecule has 0 saturated carbocycles. The molecule has 6 heteroatoms. The monoisotopic (exact) mass is 302 g/mol. The van der Waals surface area contributed by atoms with E-state index in [1.54, 1.807) is 12.1 Å². The van der Waals surface area contributed by atoms with Crippen molar-refractivity contribution in [3.05, 3.63) is 47.9 Å². The highest BCUT2D eigenvalue weighted by molar-refractivity contribution is 6.04. The Kier molecular flexibility index (Phi) is 4.41. The Labute approximate surface area is 128 Å². The number of hydrogen-bond acceptors (Lipinski definition) is 5. The van der Waals surface area contributed by atoms with E-state index >= 15 is 0 Å². The molecule has 2 aromatic rings. The number of nitrogens with one attached hydrogen (secondary N) is 1. The summed E-state index contributed by atoms with van der Waals surface area (Å²) in [6, 6.07) is 8.96. The van der Waals surface area contributed by atoms with Gasteiger partial charge < -0.3 is 24.9 Å². The second-order valence-corrected chi connectivity index (χ2v) is 5.06. The summed E-state index contributed by atoms with van der Waals surface area (Å²) in [6.07, 6.45) is 2.27. The number of rotatable bonds is 5. The molecular weight excluding hydrogens is 284 g/mol. The zero-order chi connectivity index (χ0) is 15.4. The van der Waals surface area contributed by atoms with Gasteiger partial charge in [-0.3, -0.25) is 4.79 Å². The molecular formula is C16H18N2O4. The van der Waals surface area contributed by atoms with E-state index in [-0.39, 0.29) is 18.6 Å². The van der Waals surface area contributed by atoms with Crippen molar-refractivity contribution in [2.45, 2.75) is 19.1 Å². The number of anilines is 1. The maximum Gasteiger partial charge on any atom is 0.259 e. The molecule has 1 unspecified atom stereocenters. The Morgan fingerprint density at radius 3 is 3.00 bits per heavy atom. The van der Waals surface area contributed by atoms with Crippen molar-refractivity contribution in [2.75, 3.05) is 18.5 Å². The summed E-state index contributed by atoms with van der Waals surface area (Å²) in [5.74, 6) is 0.939. The lowest BCUT2D eigenvalue weighted by atomic mass is 10.2. The van der Waals surface area contributed by atoms with Crippen LogP contribution in [0.25, 0.3) is 0 Å². The molecule has 1 aliphatic heterocycles. The van der Waals surface area contributed by atoms with E-state index in [1.165, 1.54) is 6.26 Å². The number of para-hydroxylation sites is 2. The number of benzene rings is 1. The maximum absolute atomic E-state index is 12.2. The van der Waals surface area contributed by atoms with Gasteiger partial charge in [-0.2, -0.15) is 0 Å². The molecule has 3 N–H and O–H groups in total. The summed E-state index contributed by atoms with van der Waals surface area (Å²) in [6.45, 7) is 1.54. The molecule has 0 aliphatic carbocycles. The third-order valence-electron chi connectivity index (χ3n) is 3.43. The van der Waals surface area contributed by atoms with Gasteiger partial charge in [0, 0.05) is 6.42 Å². The van der Waals surface area contributed by atoms with Crippen molar-refractivity contribution in [2.24, 2.45) is 5.73 Å². The summed E-state index contributed by atoms with van der Waals surface area (Å²) >= 11 is 0. The highest BCUT2D eigenvalue weighted by Crippen LogP contribution is 2.27. The fourth-order valence-electron chi connectivity index (χ4n) is 2.26. The van der Waals surface area contributed by atoms with E-state index in [4.69, 9.17) is 19.6 Å². The summed E-state index contributed by atoms with van der Waals surface area (Å²) < 4.78 is 16.4. The molecule has 3 rings (SSSR count). The molecule has 6 nitrogen and oxygen atoms in total. The molecule has 0 spiro atoms. The highest BCUT2D eigenvalue weighted by Gasteiger charge is 2.19. The van der Waals surface area contributed by atoms with Gasteiger partial charge in [-0.1, -0.05) is 12.1 Å². The van der Waals surface area contributed by atoms with Gasteiger partial charge in [0.15, 0.2) is 0 Å². The number of furan rings is 1. The molecule has 2 heterocycles. The van der Waals surface area contributed by atoms with Gasteiger partial charge in [0.2, 0.25) is 0 Å². The van der Waals surface area contributed by atoms with Crippen molar-refractivity contribution in [1.29, 1.82) is 0 Å². The minimum atomic E-state index is -0.262. The van der Waals surface area contributed by atoms with Crippen molar-refractivity contribution in [1.82, 2.24) is 0 Å². The molecule has 116 valence electrons. The Bertz CT molecular complexity index is 647. The predicted molar refractivity (Wildman–Crippen MR) is 80.8 cm³/mol. The number of ether oxygens (including phenoxy) is 2. The molecule has 0 bridgehead atoms. The van der Waals surface area contributed by atoms with Crippen molar-refractivity contribution in [3.8, 4) is 5.75 Å². The summed E-state index contributed by atoms with van der Waals surface area (Å²) in [5.41, 5.74) is 6.52. The normalized spacial score (nSPS) is 17.4. The first-order valence-electron chi connectivity index (χ1n) is 7.18. The zero-order valence-electron chi connectivity index (χ0n) is 12.1. The molecule has 1 atom stereocenters. The van der Waals surface area contributed by atoms with Crippen molar-refractivity contribution >= 4 is 11.6 Å². The SMILES string of the molecule is NCc1cc(C(=O)Nc2ccccc2OC2CCOC2)co1. The first kappa shape index (κ1) is 14.6. The molecule has 22 heavy (non-hydrogen) atoms.